The molecule has 1 heterocycles. The molecular weight excluding hydrogens is 254 g/mol. The number of hydrogen-bond acceptors (Lipinski definition) is 5. The fraction of sp³-hybridized carbons (Fsp3) is 0.636. The number of carbonyl (C=O) groups excluding carboxylic acids is 4. The van der Waals surface area contributed by atoms with Crippen LogP contribution in [-0.4, -0.2) is 66.9 Å². The molecule has 8 heteroatoms. The van der Waals surface area contributed by atoms with Crippen molar-refractivity contribution in [3.63, 3.8) is 0 Å². The van der Waals surface area contributed by atoms with Crippen LogP contribution in [0.2, 0.25) is 0 Å². The van der Waals surface area contributed by atoms with Crippen LogP contribution >= 0.6 is 0 Å². The predicted octanol–water partition coefficient (Wildman–Crippen LogP) is -1.05. The lowest BCUT2D eigenvalue weighted by Crippen LogP contribution is -2.45. The van der Waals surface area contributed by atoms with Crippen molar-refractivity contribution in [1.82, 2.24) is 15.1 Å². The average Bonchev–Trinajstić information content (AvgIpc) is 2.69. The largest absolute Gasteiger partial charge is 0.468 e. The van der Waals surface area contributed by atoms with Crippen molar-refractivity contribution in [2.45, 2.75) is 13.3 Å². The van der Waals surface area contributed by atoms with Crippen LogP contribution in [0.25, 0.3) is 0 Å². The Morgan fingerprint density at radius 2 is 2.11 bits per heavy atom. The fourth-order valence-electron chi connectivity index (χ4n) is 1.63. The summed E-state index contributed by atoms with van der Waals surface area (Å²) in [6.07, 6.45) is 0.656. The van der Waals surface area contributed by atoms with Gasteiger partial charge in [0.25, 0.3) is 5.91 Å². The molecule has 0 bridgehead atoms. The number of nitrogens with zero attached hydrogens (tertiary/aromatic N) is 2. The van der Waals surface area contributed by atoms with E-state index in [0.717, 1.165) is 4.90 Å². The molecule has 19 heavy (non-hydrogen) atoms. The maximum absolute atomic E-state index is 12.0. The maximum Gasteiger partial charge on any atom is 0.325 e. The summed E-state index contributed by atoms with van der Waals surface area (Å²) in [5.41, 5.74) is 0. The van der Waals surface area contributed by atoms with Crippen molar-refractivity contribution < 1.29 is 23.9 Å². The Balaban J connectivity index is 2.63. The Labute approximate surface area is 110 Å². The zero-order chi connectivity index (χ0) is 14.4. The van der Waals surface area contributed by atoms with Gasteiger partial charge in [-0.25, -0.2) is 4.79 Å². The molecule has 1 N–H and O–H groups in total. The van der Waals surface area contributed by atoms with Crippen LogP contribution in [-0.2, 0) is 19.1 Å². The van der Waals surface area contributed by atoms with E-state index in [0.29, 0.717) is 13.0 Å². The molecule has 0 aromatic carbocycles. The first-order valence-corrected chi connectivity index (χ1v) is 5.92. The molecule has 0 aliphatic carbocycles. The van der Waals surface area contributed by atoms with Gasteiger partial charge in [0.1, 0.15) is 13.1 Å². The Morgan fingerprint density at radius 3 is 2.58 bits per heavy atom. The maximum atomic E-state index is 12.0. The van der Waals surface area contributed by atoms with Crippen LogP contribution in [0, 0.1) is 0 Å². The van der Waals surface area contributed by atoms with Gasteiger partial charge in [-0.05, 0) is 6.42 Å². The third-order valence-corrected chi connectivity index (χ3v) is 2.62. The molecule has 0 radical (unpaired) electrons. The van der Waals surface area contributed by atoms with E-state index in [1.165, 1.54) is 12.0 Å². The molecule has 0 atom stereocenters. The lowest BCUT2D eigenvalue weighted by molar-refractivity contribution is -0.147. The van der Waals surface area contributed by atoms with Crippen LogP contribution < -0.4 is 5.32 Å². The van der Waals surface area contributed by atoms with E-state index < -0.39 is 23.8 Å². The molecule has 0 spiro atoms. The topological polar surface area (TPSA) is 96.0 Å². The lowest BCUT2D eigenvalue weighted by Gasteiger charge is -2.22. The van der Waals surface area contributed by atoms with E-state index in [4.69, 9.17) is 0 Å². The van der Waals surface area contributed by atoms with Crippen LogP contribution in [0.15, 0.2) is 0 Å². The number of urea groups is 1. The third kappa shape index (κ3) is 3.94. The summed E-state index contributed by atoms with van der Waals surface area (Å²) in [6, 6.07) is -0.590. The highest BCUT2D eigenvalue weighted by Crippen LogP contribution is 2.02. The van der Waals surface area contributed by atoms with E-state index >= 15 is 0 Å². The smallest absolute Gasteiger partial charge is 0.325 e. The Bertz CT molecular complexity index is 380. The fourth-order valence-corrected chi connectivity index (χ4v) is 1.63. The summed E-state index contributed by atoms with van der Waals surface area (Å²) in [5.74, 6) is -1.45. The van der Waals surface area contributed by atoms with Gasteiger partial charge in [-0.1, -0.05) is 6.92 Å². The first-order valence-electron chi connectivity index (χ1n) is 5.92. The SMILES string of the molecule is CCCN(CC(=O)OC)C(=O)CN1C(=O)CNC1=O. The van der Waals surface area contributed by atoms with Gasteiger partial charge in [-0.3, -0.25) is 19.3 Å². The molecule has 0 saturated carbocycles. The molecule has 8 nitrogen and oxygen atoms in total. The van der Waals surface area contributed by atoms with Crippen LogP contribution in [0.5, 0.6) is 0 Å². The van der Waals surface area contributed by atoms with E-state index in [1.807, 2.05) is 6.92 Å². The zero-order valence-corrected chi connectivity index (χ0v) is 11.0. The van der Waals surface area contributed by atoms with Crippen molar-refractivity contribution in [2.75, 3.05) is 33.3 Å². The Morgan fingerprint density at radius 1 is 1.42 bits per heavy atom. The minimum atomic E-state index is -0.590. The molecule has 106 valence electrons. The number of rotatable bonds is 6. The summed E-state index contributed by atoms with van der Waals surface area (Å²) in [7, 11) is 1.23. The average molecular weight is 271 g/mol. The summed E-state index contributed by atoms with van der Waals surface area (Å²) in [4.78, 5) is 47.9. The van der Waals surface area contributed by atoms with Crippen LogP contribution in [0.3, 0.4) is 0 Å². The number of methoxy groups -OCH3 is 1. The second kappa shape index (κ2) is 6.72. The molecule has 1 saturated heterocycles. The number of hydrogen-bond donors (Lipinski definition) is 1. The number of carbonyl (C=O) groups is 4. The predicted molar refractivity (Wildman–Crippen MR) is 64.0 cm³/mol. The van der Waals surface area contributed by atoms with E-state index in [9.17, 15) is 19.2 Å². The molecule has 0 aromatic rings. The summed E-state index contributed by atoms with van der Waals surface area (Å²) < 4.78 is 4.50. The van der Waals surface area contributed by atoms with Gasteiger partial charge in [0.15, 0.2) is 0 Å². The van der Waals surface area contributed by atoms with Crippen molar-refractivity contribution in [3.8, 4) is 0 Å². The molecular formula is C11H17N3O5. The summed E-state index contributed by atoms with van der Waals surface area (Å²) in [6.45, 7) is 1.56. The van der Waals surface area contributed by atoms with Crippen molar-refractivity contribution in [3.05, 3.63) is 0 Å². The molecule has 4 amide bonds. The molecule has 1 fully saturated rings. The minimum absolute atomic E-state index is 0.100. The molecule has 0 aromatic heterocycles. The van der Waals surface area contributed by atoms with E-state index in [-0.39, 0.29) is 19.6 Å². The summed E-state index contributed by atoms with van der Waals surface area (Å²) >= 11 is 0. The number of amides is 4. The second-order valence-corrected chi connectivity index (χ2v) is 4.03. The monoisotopic (exact) mass is 271 g/mol. The first kappa shape index (κ1) is 14.9. The van der Waals surface area contributed by atoms with Crippen LogP contribution in [0.1, 0.15) is 13.3 Å². The van der Waals surface area contributed by atoms with Gasteiger partial charge < -0.3 is 15.0 Å². The minimum Gasteiger partial charge on any atom is -0.468 e. The van der Waals surface area contributed by atoms with Crippen molar-refractivity contribution in [1.29, 1.82) is 0 Å². The number of esters is 1. The quantitative estimate of drug-likeness (QED) is 0.491. The highest BCUT2D eigenvalue weighted by molar-refractivity contribution is 6.04. The third-order valence-electron chi connectivity index (χ3n) is 2.62. The first-order chi connectivity index (χ1) is 8.99. The van der Waals surface area contributed by atoms with E-state index in [1.54, 1.807) is 0 Å². The molecule has 1 aliphatic rings. The molecule has 0 unspecified atom stereocenters. The second-order valence-electron chi connectivity index (χ2n) is 4.03. The van der Waals surface area contributed by atoms with Gasteiger partial charge in [0.05, 0.1) is 13.7 Å². The number of imide groups is 1. The van der Waals surface area contributed by atoms with Crippen LogP contribution in [0.4, 0.5) is 4.79 Å². The van der Waals surface area contributed by atoms with Crippen molar-refractivity contribution in [2.24, 2.45) is 0 Å². The highest BCUT2D eigenvalue weighted by atomic mass is 16.5. The zero-order valence-electron chi connectivity index (χ0n) is 11.0. The van der Waals surface area contributed by atoms with Gasteiger partial charge in [-0.15, -0.1) is 0 Å². The lowest BCUT2D eigenvalue weighted by atomic mass is 10.3. The van der Waals surface area contributed by atoms with Gasteiger partial charge in [-0.2, -0.15) is 0 Å². The number of nitrogens with one attached hydrogen (secondary N) is 1. The Kier molecular flexibility index (Phi) is 5.28. The number of ether oxygens (including phenoxy) is 1. The van der Waals surface area contributed by atoms with Gasteiger partial charge in [0.2, 0.25) is 5.91 Å². The Hall–Kier alpha value is -2.12. The normalized spacial score (nSPS) is 14.3. The highest BCUT2D eigenvalue weighted by Gasteiger charge is 2.31. The van der Waals surface area contributed by atoms with E-state index in [2.05, 4.69) is 10.1 Å². The molecule has 1 rings (SSSR count). The van der Waals surface area contributed by atoms with Gasteiger partial charge >= 0.3 is 12.0 Å². The summed E-state index contributed by atoms with van der Waals surface area (Å²) in [5, 5.41) is 2.32. The molecule has 1 aliphatic heterocycles. The van der Waals surface area contributed by atoms with Crippen molar-refractivity contribution >= 4 is 23.8 Å². The van der Waals surface area contributed by atoms with Gasteiger partial charge in [0, 0.05) is 6.54 Å². The standard InChI is InChI=1S/C11H17N3O5/c1-3-4-13(7-10(17)19-2)9(16)6-14-8(15)5-12-11(14)18/h3-7H2,1-2H3,(H,12,18).